The smallest absolute Gasteiger partial charge is 0.410 e. The number of hydrogen-bond acceptors (Lipinski definition) is 6. The minimum absolute atomic E-state index is 0.300. The van der Waals surface area contributed by atoms with Crippen molar-refractivity contribution in [1.82, 2.24) is 4.90 Å². The summed E-state index contributed by atoms with van der Waals surface area (Å²) in [6.45, 7) is 11.5. The Morgan fingerprint density at radius 3 is 2.30 bits per heavy atom. The van der Waals surface area contributed by atoms with Gasteiger partial charge in [0, 0.05) is 31.4 Å². The van der Waals surface area contributed by atoms with E-state index >= 15 is 0 Å². The van der Waals surface area contributed by atoms with Crippen LogP contribution < -0.4 is 9.64 Å². The van der Waals surface area contributed by atoms with Crippen LogP contribution in [0.1, 0.15) is 45.0 Å². The van der Waals surface area contributed by atoms with Gasteiger partial charge in [0.25, 0.3) is 0 Å². The summed E-state index contributed by atoms with van der Waals surface area (Å²) in [4.78, 5) is 28.3. The predicted octanol–water partition coefficient (Wildman–Crippen LogP) is 3.32. The molecule has 27 heavy (non-hydrogen) atoms. The van der Waals surface area contributed by atoms with E-state index in [0.29, 0.717) is 30.9 Å². The highest BCUT2D eigenvalue weighted by Gasteiger charge is 2.39. The molecule has 1 aromatic rings. The van der Waals surface area contributed by atoms with Crippen molar-refractivity contribution in [3.8, 4) is 5.75 Å². The number of carbonyl (C=O) groups is 2. The normalized spacial score (nSPS) is 16.7. The number of nitrogens with zero attached hydrogens (tertiary/aromatic N) is 2. The second kappa shape index (κ2) is 7.66. The summed E-state index contributed by atoms with van der Waals surface area (Å²) >= 11 is 0. The average Bonchev–Trinajstić information content (AvgIpc) is 2.57. The molecule has 0 saturated carbocycles. The first kappa shape index (κ1) is 20.9. The Morgan fingerprint density at radius 2 is 1.78 bits per heavy atom. The lowest BCUT2D eigenvalue weighted by Crippen LogP contribution is -2.61. The monoisotopic (exact) mass is 378 g/mol. The van der Waals surface area contributed by atoms with Gasteiger partial charge in [-0.15, -0.1) is 0 Å². The van der Waals surface area contributed by atoms with Gasteiger partial charge >= 0.3 is 12.1 Å². The fraction of sp³-hybridized carbons (Fsp3) is 0.600. The van der Waals surface area contributed by atoms with Crippen LogP contribution in [-0.2, 0) is 9.47 Å². The van der Waals surface area contributed by atoms with Crippen molar-refractivity contribution >= 4 is 17.7 Å². The van der Waals surface area contributed by atoms with Crippen molar-refractivity contribution in [2.45, 2.75) is 45.8 Å². The lowest BCUT2D eigenvalue weighted by atomic mass is 9.98. The molecule has 1 aliphatic heterocycles. The van der Waals surface area contributed by atoms with Gasteiger partial charge in [-0.25, -0.2) is 9.59 Å². The van der Waals surface area contributed by atoms with Gasteiger partial charge in [-0.2, -0.15) is 0 Å². The molecule has 1 heterocycles. The second-order valence-corrected chi connectivity index (χ2v) is 8.24. The second-order valence-electron chi connectivity index (χ2n) is 8.24. The number of esters is 1. The summed E-state index contributed by atoms with van der Waals surface area (Å²) in [5.41, 5.74) is 0.378. The van der Waals surface area contributed by atoms with Crippen LogP contribution in [0, 0.1) is 0 Å². The summed E-state index contributed by atoms with van der Waals surface area (Å²) in [7, 11) is 2.87. The molecule has 1 amide bonds. The Kier molecular flexibility index (Phi) is 5.92. The topological polar surface area (TPSA) is 68.3 Å². The van der Waals surface area contributed by atoms with Crippen molar-refractivity contribution in [3.63, 3.8) is 0 Å². The van der Waals surface area contributed by atoms with Gasteiger partial charge in [-0.05, 0) is 46.8 Å². The molecule has 7 heteroatoms. The molecule has 0 aliphatic carbocycles. The van der Waals surface area contributed by atoms with E-state index in [0.717, 1.165) is 5.69 Å². The molecule has 0 N–H and O–H groups in total. The average molecular weight is 378 g/mol. The number of amides is 1. The zero-order valence-electron chi connectivity index (χ0n) is 17.3. The summed E-state index contributed by atoms with van der Waals surface area (Å²) in [6, 6.07) is 5.40. The van der Waals surface area contributed by atoms with Crippen molar-refractivity contribution in [2.24, 2.45) is 0 Å². The van der Waals surface area contributed by atoms with Crippen LogP contribution in [0.4, 0.5) is 10.5 Å². The van der Waals surface area contributed by atoms with Gasteiger partial charge in [0.2, 0.25) is 0 Å². The number of hydrogen-bond donors (Lipinski definition) is 0. The predicted molar refractivity (Wildman–Crippen MR) is 104 cm³/mol. The maximum absolute atomic E-state index is 12.5. The van der Waals surface area contributed by atoms with E-state index in [9.17, 15) is 9.59 Å². The standard InChI is InChI=1S/C20H30N2O5/c1-19(2,3)27-18(24)22-11-10-21(13-20(22,4)5)14-8-9-15(17(23)26-7)16(12-14)25-6/h8-9,12H,10-11,13H2,1-7H3. The third kappa shape index (κ3) is 4.84. The Morgan fingerprint density at radius 1 is 1.11 bits per heavy atom. The minimum atomic E-state index is -0.526. The largest absolute Gasteiger partial charge is 0.496 e. The van der Waals surface area contributed by atoms with Gasteiger partial charge in [-0.3, -0.25) is 4.90 Å². The molecular weight excluding hydrogens is 348 g/mol. The SMILES string of the molecule is COC(=O)c1ccc(N2CCN(C(=O)OC(C)(C)C)C(C)(C)C2)cc1OC. The van der Waals surface area contributed by atoms with E-state index < -0.39 is 17.1 Å². The summed E-state index contributed by atoms with van der Waals surface area (Å²) in [6.07, 6.45) is -0.300. The van der Waals surface area contributed by atoms with Gasteiger partial charge in [0.05, 0.1) is 19.8 Å². The highest BCUT2D eigenvalue weighted by molar-refractivity contribution is 5.93. The number of rotatable bonds is 3. The number of carbonyl (C=O) groups excluding carboxylic acids is 2. The lowest BCUT2D eigenvalue weighted by molar-refractivity contribution is 0.000348. The minimum Gasteiger partial charge on any atom is -0.496 e. The molecule has 0 spiro atoms. The lowest BCUT2D eigenvalue weighted by Gasteiger charge is -2.47. The van der Waals surface area contributed by atoms with Gasteiger partial charge in [0.15, 0.2) is 0 Å². The molecule has 7 nitrogen and oxygen atoms in total. The fourth-order valence-corrected chi connectivity index (χ4v) is 3.19. The quantitative estimate of drug-likeness (QED) is 0.752. The van der Waals surface area contributed by atoms with Gasteiger partial charge in [0.1, 0.15) is 16.9 Å². The molecule has 2 rings (SSSR count). The van der Waals surface area contributed by atoms with Crippen LogP contribution >= 0.6 is 0 Å². The van der Waals surface area contributed by atoms with Crippen LogP contribution in [-0.4, -0.2) is 62.0 Å². The maximum Gasteiger partial charge on any atom is 0.410 e. The van der Waals surface area contributed by atoms with Crippen LogP contribution in [0.5, 0.6) is 5.75 Å². The molecule has 1 saturated heterocycles. The molecule has 1 aliphatic rings. The third-order valence-corrected chi connectivity index (χ3v) is 4.47. The van der Waals surface area contributed by atoms with E-state index in [2.05, 4.69) is 4.90 Å². The Balaban J connectivity index is 2.19. The first-order valence-electron chi connectivity index (χ1n) is 9.00. The molecule has 0 unspecified atom stereocenters. The summed E-state index contributed by atoms with van der Waals surface area (Å²) in [5, 5.41) is 0. The maximum atomic E-state index is 12.5. The third-order valence-electron chi connectivity index (χ3n) is 4.47. The zero-order chi connectivity index (χ0) is 20.4. The van der Waals surface area contributed by atoms with Gasteiger partial charge in [-0.1, -0.05) is 0 Å². The van der Waals surface area contributed by atoms with Crippen LogP contribution in [0.3, 0.4) is 0 Å². The number of ether oxygens (including phenoxy) is 3. The van der Waals surface area contributed by atoms with E-state index in [4.69, 9.17) is 14.2 Å². The molecule has 0 aromatic heterocycles. The van der Waals surface area contributed by atoms with Gasteiger partial charge < -0.3 is 19.1 Å². The Bertz CT molecular complexity index is 709. The Hall–Kier alpha value is -2.44. The highest BCUT2D eigenvalue weighted by atomic mass is 16.6. The molecule has 0 radical (unpaired) electrons. The molecule has 0 bridgehead atoms. The van der Waals surface area contributed by atoms with Crippen molar-refractivity contribution in [1.29, 1.82) is 0 Å². The molecule has 1 fully saturated rings. The van der Waals surface area contributed by atoms with Crippen molar-refractivity contribution in [2.75, 3.05) is 38.8 Å². The number of benzene rings is 1. The van der Waals surface area contributed by atoms with Crippen LogP contribution in [0.15, 0.2) is 18.2 Å². The molecule has 150 valence electrons. The molecule has 1 aromatic carbocycles. The molecular formula is C20H30N2O5. The highest BCUT2D eigenvalue weighted by Crippen LogP contribution is 2.31. The summed E-state index contributed by atoms with van der Waals surface area (Å²) in [5.74, 6) is 0.0280. The number of methoxy groups -OCH3 is 2. The van der Waals surface area contributed by atoms with Crippen molar-refractivity contribution < 1.29 is 23.8 Å². The Labute approximate surface area is 161 Å². The van der Waals surface area contributed by atoms with Crippen molar-refractivity contribution in [3.05, 3.63) is 23.8 Å². The zero-order valence-corrected chi connectivity index (χ0v) is 17.3. The number of piperazine rings is 1. The van der Waals surface area contributed by atoms with Crippen LogP contribution in [0.2, 0.25) is 0 Å². The van der Waals surface area contributed by atoms with E-state index in [1.165, 1.54) is 14.2 Å². The molecule has 0 atom stereocenters. The summed E-state index contributed by atoms with van der Waals surface area (Å²) < 4.78 is 15.7. The first-order chi connectivity index (χ1) is 12.5. The van der Waals surface area contributed by atoms with Crippen LogP contribution in [0.25, 0.3) is 0 Å². The van der Waals surface area contributed by atoms with E-state index in [-0.39, 0.29) is 6.09 Å². The number of anilines is 1. The first-order valence-corrected chi connectivity index (χ1v) is 9.00. The van der Waals surface area contributed by atoms with E-state index in [1.807, 2.05) is 46.8 Å². The fourth-order valence-electron chi connectivity index (χ4n) is 3.19. The van der Waals surface area contributed by atoms with E-state index in [1.54, 1.807) is 11.0 Å².